The molecule has 1 unspecified atom stereocenters. The fraction of sp³-hybridized carbons (Fsp3) is 0.444. The molecular formula is C18H23N3O. The number of hydrogen-bond acceptors (Lipinski definition) is 2. The van der Waals surface area contributed by atoms with Crippen LogP contribution >= 0.6 is 0 Å². The molecule has 1 aromatic heterocycles. The van der Waals surface area contributed by atoms with Gasteiger partial charge in [0.25, 0.3) is 0 Å². The van der Waals surface area contributed by atoms with Gasteiger partial charge in [0, 0.05) is 11.9 Å². The molecule has 1 heterocycles. The molecule has 1 saturated carbocycles. The van der Waals surface area contributed by atoms with E-state index in [1.54, 1.807) is 12.5 Å². The maximum atomic E-state index is 12.4. The van der Waals surface area contributed by atoms with Crippen molar-refractivity contribution in [1.29, 1.82) is 0 Å². The molecule has 0 bridgehead atoms. The van der Waals surface area contributed by atoms with Gasteiger partial charge in [-0.2, -0.15) is 0 Å². The van der Waals surface area contributed by atoms with Crippen molar-refractivity contribution in [3.8, 4) is 0 Å². The van der Waals surface area contributed by atoms with Crippen molar-refractivity contribution in [1.82, 2.24) is 15.3 Å². The van der Waals surface area contributed by atoms with E-state index in [2.05, 4.69) is 27.4 Å². The Hall–Kier alpha value is -2.10. The van der Waals surface area contributed by atoms with Crippen molar-refractivity contribution in [2.24, 2.45) is 5.92 Å². The number of amides is 1. The van der Waals surface area contributed by atoms with Crippen LogP contribution < -0.4 is 5.32 Å². The molecule has 1 amide bonds. The van der Waals surface area contributed by atoms with Crippen LogP contribution in [0.4, 0.5) is 0 Å². The van der Waals surface area contributed by atoms with Crippen LogP contribution in [0.5, 0.6) is 0 Å². The molecule has 0 saturated heterocycles. The molecule has 1 aromatic carbocycles. The van der Waals surface area contributed by atoms with Crippen LogP contribution in [0.25, 0.3) is 0 Å². The highest BCUT2D eigenvalue weighted by atomic mass is 16.1. The van der Waals surface area contributed by atoms with Crippen molar-refractivity contribution in [2.45, 2.75) is 44.6 Å². The Bertz CT molecular complexity index is 574. The molecule has 4 nitrogen and oxygen atoms in total. The van der Waals surface area contributed by atoms with Crippen LogP contribution in [-0.4, -0.2) is 15.9 Å². The number of aromatic nitrogens is 2. The standard InChI is InChI=1S/C18H23N3O/c22-17(11-16-12-19-13-20-16)21-18(14-7-3-1-4-8-14)15-9-5-2-6-10-15/h1,3-4,7-8,12-13,15,18H,2,5-6,9-11H2,(H,19,20)(H,21,22). The fourth-order valence-corrected chi connectivity index (χ4v) is 3.38. The third-order valence-electron chi connectivity index (χ3n) is 4.50. The quantitative estimate of drug-likeness (QED) is 0.888. The van der Waals surface area contributed by atoms with Crippen LogP contribution in [0.2, 0.25) is 0 Å². The molecule has 0 radical (unpaired) electrons. The van der Waals surface area contributed by atoms with Crippen LogP contribution in [0.3, 0.4) is 0 Å². The third-order valence-corrected chi connectivity index (χ3v) is 4.50. The van der Waals surface area contributed by atoms with E-state index in [-0.39, 0.29) is 11.9 Å². The van der Waals surface area contributed by atoms with Crippen molar-refractivity contribution < 1.29 is 4.79 Å². The van der Waals surface area contributed by atoms with Gasteiger partial charge in [-0.25, -0.2) is 4.98 Å². The lowest BCUT2D eigenvalue weighted by Gasteiger charge is -2.31. The molecule has 2 aromatic rings. The molecular weight excluding hydrogens is 274 g/mol. The molecule has 1 fully saturated rings. The lowest BCUT2D eigenvalue weighted by atomic mass is 9.81. The minimum absolute atomic E-state index is 0.0590. The van der Waals surface area contributed by atoms with Gasteiger partial charge in [0.15, 0.2) is 0 Å². The van der Waals surface area contributed by atoms with Gasteiger partial charge < -0.3 is 10.3 Å². The Morgan fingerprint density at radius 3 is 2.68 bits per heavy atom. The molecule has 3 rings (SSSR count). The van der Waals surface area contributed by atoms with Gasteiger partial charge in [-0.05, 0) is 24.3 Å². The smallest absolute Gasteiger partial charge is 0.226 e. The predicted molar refractivity (Wildman–Crippen MR) is 86.2 cm³/mol. The predicted octanol–water partition coefficient (Wildman–Crippen LogP) is 3.39. The van der Waals surface area contributed by atoms with E-state index in [4.69, 9.17) is 0 Å². The fourth-order valence-electron chi connectivity index (χ4n) is 3.38. The summed E-state index contributed by atoms with van der Waals surface area (Å²) in [5, 5.41) is 3.25. The summed E-state index contributed by atoms with van der Waals surface area (Å²) in [7, 11) is 0. The molecule has 1 aliphatic carbocycles. The van der Waals surface area contributed by atoms with E-state index in [9.17, 15) is 4.79 Å². The second-order valence-electron chi connectivity index (χ2n) is 6.11. The molecule has 0 spiro atoms. The summed E-state index contributed by atoms with van der Waals surface area (Å²) < 4.78 is 0. The van der Waals surface area contributed by atoms with Gasteiger partial charge >= 0.3 is 0 Å². The number of carbonyl (C=O) groups excluding carboxylic acids is 1. The van der Waals surface area contributed by atoms with E-state index in [1.165, 1.54) is 37.7 Å². The van der Waals surface area contributed by atoms with E-state index < -0.39 is 0 Å². The summed E-state index contributed by atoms with van der Waals surface area (Å²) in [6.45, 7) is 0. The minimum Gasteiger partial charge on any atom is -0.349 e. The average Bonchev–Trinajstić information content (AvgIpc) is 3.07. The maximum Gasteiger partial charge on any atom is 0.226 e. The highest BCUT2D eigenvalue weighted by molar-refractivity contribution is 5.78. The van der Waals surface area contributed by atoms with Gasteiger partial charge in [0.2, 0.25) is 5.91 Å². The number of hydrogen-bond donors (Lipinski definition) is 2. The number of carbonyl (C=O) groups is 1. The molecule has 0 aliphatic heterocycles. The van der Waals surface area contributed by atoms with Crippen LogP contribution in [-0.2, 0) is 11.2 Å². The number of aromatic amines is 1. The Morgan fingerprint density at radius 2 is 2.00 bits per heavy atom. The summed E-state index contributed by atoms with van der Waals surface area (Å²) in [6, 6.07) is 10.5. The zero-order chi connectivity index (χ0) is 15.2. The highest BCUT2D eigenvalue weighted by Crippen LogP contribution is 2.34. The lowest BCUT2D eigenvalue weighted by Crippen LogP contribution is -2.35. The number of H-pyrrole nitrogens is 1. The highest BCUT2D eigenvalue weighted by Gasteiger charge is 2.26. The number of nitrogens with zero attached hydrogens (tertiary/aromatic N) is 1. The Morgan fingerprint density at radius 1 is 1.23 bits per heavy atom. The van der Waals surface area contributed by atoms with Crippen molar-refractivity contribution in [2.75, 3.05) is 0 Å². The van der Waals surface area contributed by atoms with Crippen molar-refractivity contribution >= 4 is 5.91 Å². The van der Waals surface area contributed by atoms with E-state index in [0.717, 1.165) is 5.69 Å². The van der Waals surface area contributed by atoms with Gasteiger partial charge in [0.1, 0.15) is 0 Å². The van der Waals surface area contributed by atoms with Gasteiger partial charge in [-0.15, -0.1) is 0 Å². The first-order valence-electron chi connectivity index (χ1n) is 8.14. The second-order valence-corrected chi connectivity index (χ2v) is 6.11. The summed E-state index contributed by atoms with van der Waals surface area (Å²) in [4.78, 5) is 19.3. The Balaban J connectivity index is 1.71. The molecule has 4 heteroatoms. The van der Waals surface area contributed by atoms with Crippen LogP contribution in [0.15, 0.2) is 42.9 Å². The first-order chi connectivity index (χ1) is 10.8. The van der Waals surface area contributed by atoms with Crippen LogP contribution in [0.1, 0.15) is 49.4 Å². The molecule has 1 atom stereocenters. The van der Waals surface area contributed by atoms with Gasteiger partial charge in [-0.3, -0.25) is 4.79 Å². The minimum atomic E-state index is 0.0590. The average molecular weight is 297 g/mol. The Labute approximate surface area is 131 Å². The number of imidazole rings is 1. The van der Waals surface area contributed by atoms with Crippen molar-refractivity contribution in [3.05, 3.63) is 54.1 Å². The number of rotatable bonds is 5. The molecule has 1 aliphatic rings. The summed E-state index contributed by atoms with van der Waals surface area (Å²) >= 11 is 0. The maximum absolute atomic E-state index is 12.4. The Kier molecular flexibility index (Phi) is 4.88. The monoisotopic (exact) mass is 297 g/mol. The van der Waals surface area contributed by atoms with Crippen molar-refractivity contribution in [3.63, 3.8) is 0 Å². The SMILES string of the molecule is O=C(Cc1cnc[nH]1)NC(c1ccccc1)C1CCCCC1. The van der Waals surface area contributed by atoms with Gasteiger partial charge in [-0.1, -0.05) is 49.6 Å². The summed E-state index contributed by atoms with van der Waals surface area (Å²) in [6.07, 6.45) is 9.93. The number of benzene rings is 1. The summed E-state index contributed by atoms with van der Waals surface area (Å²) in [5.41, 5.74) is 2.07. The normalized spacial score (nSPS) is 17.1. The van der Waals surface area contributed by atoms with E-state index in [1.807, 2.05) is 18.2 Å². The summed E-state index contributed by atoms with van der Waals surface area (Å²) in [5.74, 6) is 0.602. The molecule has 116 valence electrons. The topological polar surface area (TPSA) is 57.8 Å². The van der Waals surface area contributed by atoms with E-state index in [0.29, 0.717) is 12.3 Å². The first-order valence-corrected chi connectivity index (χ1v) is 8.14. The van der Waals surface area contributed by atoms with Gasteiger partial charge in [0.05, 0.1) is 18.8 Å². The zero-order valence-corrected chi connectivity index (χ0v) is 12.8. The van der Waals surface area contributed by atoms with Crippen LogP contribution in [0, 0.1) is 5.92 Å². The second kappa shape index (κ2) is 7.25. The van der Waals surface area contributed by atoms with E-state index >= 15 is 0 Å². The molecule has 22 heavy (non-hydrogen) atoms. The third kappa shape index (κ3) is 3.75. The zero-order valence-electron chi connectivity index (χ0n) is 12.8. The lowest BCUT2D eigenvalue weighted by molar-refractivity contribution is -0.121. The number of nitrogens with one attached hydrogen (secondary N) is 2. The first kappa shape index (κ1) is 14.8. The largest absolute Gasteiger partial charge is 0.349 e. The molecule has 2 N–H and O–H groups in total.